The lowest BCUT2D eigenvalue weighted by molar-refractivity contribution is -0.115. The van der Waals surface area contributed by atoms with Crippen molar-refractivity contribution in [1.29, 1.82) is 0 Å². The van der Waals surface area contributed by atoms with Crippen molar-refractivity contribution < 1.29 is 9.53 Å². The molecule has 0 aromatic heterocycles. The Bertz CT molecular complexity index is 606. The summed E-state index contributed by atoms with van der Waals surface area (Å²) in [5.41, 5.74) is 8.14. The molecule has 0 bridgehead atoms. The van der Waals surface area contributed by atoms with Crippen molar-refractivity contribution in [1.82, 2.24) is 0 Å². The van der Waals surface area contributed by atoms with Gasteiger partial charge in [-0.2, -0.15) is 0 Å². The Morgan fingerprint density at radius 3 is 2.56 bits per heavy atom. The molecule has 0 radical (unpaired) electrons. The normalized spacial score (nSPS) is 13.0. The van der Waals surface area contributed by atoms with E-state index in [2.05, 4.69) is 5.32 Å². The molecular formula is C14H12N2O2. The third kappa shape index (κ3) is 2.00. The first-order valence-electron chi connectivity index (χ1n) is 5.67. The Morgan fingerprint density at radius 2 is 1.78 bits per heavy atom. The Hall–Kier alpha value is -2.49. The van der Waals surface area contributed by atoms with Crippen molar-refractivity contribution in [2.24, 2.45) is 0 Å². The van der Waals surface area contributed by atoms with E-state index >= 15 is 0 Å². The molecule has 3 rings (SSSR count). The molecule has 2 aromatic rings. The molecule has 0 atom stereocenters. The minimum Gasteiger partial charge on any atom is -0.457 e. The highest BCUT2D eigenvalue weighted by molar-refractivity contribution is 5.99. The van der Waals surface area contributed by atoms with Gasteiger partial charge in [-0.25, -0.2) is 0 Å². The van der Waals surface area contributed by atoms with Crippen LogP contribution < -0.4 is 15.8 Å². The molecule has 1 amide bonds. The van der Waals surface area contributed by atoms with Gasteiger partial charge in [0, 0.05) is 11.4 Å². The van der Waals surface area contributed by atoms with Gasteiger partial charge >= 0.3 is 0 Å². The van der Waals surface area contributed by atoms with Crippen molar-refractivity contribution in [3.8, 4) is 11.5 Å². The minimum atomic E-state index is 0.0228. The molecule has 0 saturated heterocycles. The summed E-state index contributed by atoms with van der Waals surface area (Å²) in [7, 11) is 0. The number of nitrogen functional groups attached to an aromatic ring is 1. The summed E-state index contributed by atoms with van der Waals surface area (Å²) in [6, 6.07) is 12.8. The van der Waals surface area contributed by atoms with Gasteiger partial charge in [0.1, 0.15) is 11.5 Å². The summed E-state index contributed by atoms with van der Waals surface area (Å²) in [4.78, 5) is 11.2. The number of hydrogen-bond acceptors (Lipinski definition) is 3. The fourth-order valence-corrected chi connectivity index (χ4v) is 1.94. The molecule has 18 heavy (non-hydrogen) atoms. The summed E-state index contributed by atoms with van der Waals surface area (Å²) in [5, 5.41) is 2.78. The molecule has 0 saturated carbocycles. The van der Waals surface area contributed by atoms with E-state index < -0.39 is 0 Å². The summed E-state index contributed by atoms with van der Waals surface area (Å²) in [5.74, 6) is 1.46. The van der Waals surface area contributed by atoms with Crippen LogP contribution in [0.4, 0.5) is 11.4 Å². The predicted octanol–water partition coefficient (Wildman–Crippen LogP) is 2.56. The van der Waals surface area contributed by atoms with Gasteiger partial charge in [0.15, 0.2) is 0 Å². The number of carbonyl (C=O) groups is 1. The molecule has 0 spiro atoms. The fourth-order valence-electron chi connectivity index (χ4n) is 1.94. The zero-order chi connectivity index (χ0) is 12.5. The van der Waals surface area contributed by atoms with Gasteiger partial charge in [0.2, 0.25) is 5.91 Å². The van der Waals surface area contributed by atoms with Crippen LogP contribution >= 0.6 is 0 Å². The van der Waals surface area contributed by atoms with E-state index in [0.29, 0.717) is 12.1 Å². The molecule has 4 heteroatoms. The number of nitrogens with one attached hydrogen (secondary N) is 1. The van der Waals surface area contributed by atoms with Crippen LogP contribution in [0.2, 0.25) is 0 Å². The van der Waals surface area contributed by atoms with Gasteiger partial charge in [0.25, 0.3) is 0 Å². The first kappa shape index (κ1) is 10.7. The van der Waals surface area contributed by atoms with E-state index in [4.69, 9.17) is 10.5 Å². The summed E-state index contributed by atoms with van der Waals surface area (Å²) in [6.07, 6.45) is 0.411. The highest BCUT2D eigenvalue weighted by atomic mass is 16.5. The second-order valence-corrected chi connectivity index (χ2v) is 4.22. The SMILES string of the molecule is Nc1ccc(Oc2ccc3c(c2)CC(=O)N3)cc1. The molecule has 3 N–H and O–H groups in total. The average molecular weight is 240 g/mol. The van der Waals surface area contributed by atoms with E-state index in [-0.39, 0.29) is 5.91 Å². The zero-order valence-electron chi connectivity index (χ0n) is 9.64. The van der Waals surface area contributed by atoms with Crippen LogP contribution in [0.1, 0.15) is 5.56 Å². The zero-order valence-corrected chi connectivity index (χ0v) is 9.64. The Kier molecular flexibility index (Phi) is 2.41. The predicted molar refractivity (Wildman–Crippen MR) is 69.7 cm³/mol. The monoisotopic (exact) mass is 240 g/mol. The van der Waals surface area contributed by atoms with E-state index in [0.717, 1.165) is 22.7 Å². The van der Waals surface area contributed by atoms with Gasteiger partial charge in [-0.1, -0.05) is 0 Å². The maximum absolute atomic E-state index is 11.2. The number of hydrogen-bond donors (Lipinski definition) is 2. The van der Waals surface area contributed by atoms with E-state index in [1.54, 1.807) is 12.1 Å². The number of benzene rings is 2. The first-order chi connectivity index (χ1) is 8.70. The van der Waals surface area contributed by atoms with Gasteiger partial charge < -0.3 is 15.8 Å². The quantitative estimate of drug-likeness (QED) is 0.793. The molecule has 1 aliphatic rings. The molecule has 0 fully saturated rings. The molecular weight excluding hydrogens is 228 g/mol. The first-order valence-corrected chi connectivity index (χ1v) is 5.67. The lowest BCUT2D eigenvalue weighted by Crippen LogP contribution is -2.03. The van der Waals surface area contributed by atoms with Crippen molar-refractivity contribution in [3.63, 3.8) is 0 Å². The number of nitrogens with two attached hydrogens (primary N) is 1. The molecule has 1 heterocycles. The highest BCUT2D eigenvalue weighted by Crippen LogP contribution is 2.30. The van der Waals surface area contributed by atoms with Crippen LogP contribution in [-0.2, 0) is 11.2 Å². The van der Waals surface area contributed by atoms with E-state index in [1.807, 2.05) is 30.3 Å². The van der Waals surface area contributed by atoms with Crippen LogP contribution in [0, 0.1) is 0 Å². The second-order valence-electron chi connectivity index (χ2n) is 4.22. The summed E-state index contributed by atoms with van der Waals surface area (Å²) >= 11 is 0. The van der Waals surface area contributed by atoms with Gasteiger partial charge in [0.05, 0.1) is 6.42 Å². The Morgan fingerprint density at radius 1 is 1.06 bits per heavy atom. The smallest absolute Gasteiger partial charge is 0.228 e. The number of anilines is 2. The number of ether oxygens (including phenoxy) is 1. The van der Waals surface area contributed by atoms with E-state index in [9.17, 15) is 4.79 Å². The second kappa shape index (κ2) is 4.07. The topological polar surface area (TPSA) is 64.3 Å². The third-order valence-electron chi connectivity index (χ3n) is 2.82. The lowest BCUT2D eigenvalue weighted by atomic mass is 10.1. The highest BCUT2D eigenvalue weighted by Gasteiger charge is 2.17. The number of carbonyl (C=O) groups excluding carboxylic acids is 1. The minimum absolute atomic E-state index is 0.0228. The molecule has 0 unspecified atom stereocenters. The largest absolute Gasteiger partial charge is 0.457 e. The van der Waals surface area contributed by atoms with Crippen LogP contribution in [0.15, 0.2) is 42.5 Å². The Labute approximate surface area is 104 Å². The lowest BCUT2D eigenvalue weighted by Gasteiger charge is -2.07. The third-order valence-corrected chi connectivity index (χ3v) is 2.82. The standard InChI is InChI=1S/C14H12N2O2/c15-10-1-3-11(4-2-10)18-12-5-6-13-9(7-12)8-14(17)16-13/h1-7H,8,15H2,(H,16,17). The Balaban J connectivity index is 1.84. The summed E-state index contributed by atoms with van der Waals surface area (Å²) in [6.45, 7) is 0. The number of fused-ring (bicyclic) bond motifs is 1. The maximum Gasteiger partial charge on any atom is 0.228 e. The molecule has 90 valence electrons. The molecule has 4 nitrogen and oxygen atoms in total. The van der Waals surface area contributed by atoms with Crippen molar-refractivity contribution in [3.05, 3.63) is 48.0 Å². The molecule has 1 aliphatic heterocycles. The van der Waals surface area contributed by atoms with Gasteiger partial charge in [-0.15, -0.1) is 0 Å². The van der Waals surface area contributed by atoms with Crippen molar-refractivity contribution >= 4 is 17.3 Å². The molecule has 2 aromatic carbocycles. The number of amides is 1. The molecule has 0 aliphatic carbocycles. The van der Waals surface area contributed by atoms with Crippen LogP contribution in [0.25, 0.3) is 0 Å². The van der Waals surface area contributed by atoms with Crippen molar-refractivity contribution in [2.75, 3.05) is 11.1 Å². The van der Waals surface area contributed by atoms with Crippen LogP contribution in [-0.4, -0.2) is 5.91 Å². The van der Waals surface area contributed by atoms with Crippen LogP contribution in [0.5, 0.6) is 11.5 Å². The van der Waals surface area contributed by atoms with Gasteiger partial charge in [-0.3, -0.25) is 4.79 Å². The fraction of sp³-hybridized carbons (Fsp3) is 0.0714. The number of rotatable bonds is 2. The van der Waals surface area contributed by atoms with Crippen molar-refractivity contribution in [2.45, 2.75) is 6.42 Å². The average Bonchev–Trinajstić information content (AvgIpc) is 2.71. The van der Waals surface area contributed by atoms with Crippen LogP contribution in [0.3, 0.4) is 0 Å². The van der Waals surface area contributed by atoms with E-state index in [1.165, 1.54) is 0 Å². The van der Waals surface area contributed by atoms with Gasteiger partial charge in [-0.05, 0) is 48.0 Å². The maximum atomic E-state index is 11.2. The summed E-state index contributed by atoms with van der Waals surface area (Å²) < 4.78 is 5.70.